The molecule has 2 heteroatoms. The van der Waals surface area contributed by atoms with Crippen LogP contribution in [0.15, 0.2) is 5.16 Å². The molecule has 1 N–H and O–H groups in total. The summed E-state index contributed by atoms with van der Waals surface area (Å²) >= 11 is 0. The van der Waals surface area contributed by atoms with Crippen LogP contribution in [-0.4, -0.2) is 10.9 Å². The van der Waals surface area contributed by atoms with Crippen molar-refractivity contribution in [2.45, 2.75) is 66.2 Å². The molecule has 0 atom stereocenters. The molecule has 0 amide bonds. The SMILES string of the molecule is CC(=NO)C12CC3(C)CC(C)(CC(C)(C3)C1)C2. The van der Waals surface area contributed by atoms with Crippen LogP contribution < -0.4 is 0 Å². The lowest BCUT2D eigenvalue weighted by molar-refractivity contribution is -0.158. The van der Waals surface area contributed by atoms with E-state index >= 15 is 0 Å². The molecule has 0 aliphatic heterocycles. The summed E-state index contributed by atoms with van der Waals surface area (Å²) in [6, 6.07) is 0. The van der Waals surface area contributed by atoms with E-state index in [1.165, 1.54) is 38.5 Å². The van der Waals surface area contributed by atoms with E-state index in [2.05, 4.69) is 25.9 Å². The molecule has 4 aliphatic carbocycles. The van der Waals surface area contributed by atoms with Crippen LogP contribution in [0.2, 0.25) is 0 Å². The summed E-state index contributed by atoms with van der Waals surface area (Å²) < 4.78 is 0. The molecule has 4 saturated carbocycles. The predicted molar refractivity (Wildman–Crippen MR) is 69.4 cm³/mol. The first-order valence-electron chi connectivity index (χ1n) is 6.92. The van der Waals surface area contributed by atoms with Crippen LogP contribution in [-0.2, 0) is 0 Å². The van der Waals surface area contributed by atoms with Crippen LogP contribution in [0.5, 0.6) is 0 Å². The Morgan fingerprint density at radius 3 is 1.47 bits per heavy atom. The zero-order valence-electron chi connectivity index (χ0n) is 11.6. The first kappa shape index (κ1) is 11.6. The molecule has 0 aromatic heterocycles. The van der Waals surface area contributed by atoms with Crippen molar-refractivity contribution in [2.75, 3.05) is 0 Å². The van der Waals surface area contributed by atoms with Gasteiger partial charge in [0.2, 0.25) is 0 Å². The molecule has 0 spiro atoms. The smallest absolute Gasteiger partial charge is 0.0602 e. The number of hydrogen-bond donors (Lipinski definition) is 1. The summed E-state index contributed by atoms with van der Waals surface area (Å²) in [6.45, 7) is 9.41. The van der Waals surface area contributed by atoms with Gasteiger partial charge in [-0.3, -0.25) is 0 Å². The molecule has 4 aliphatic rings. The van der Waals surface area contributed by atoms with Crippen LogP contribution in [0.25, 0.3) is 0 Å². The molecule has 2 nitrogen and oxygen atoms in total. The molecule has 0 heterocycles. The van der Waals surface area contributed by atoms with E-state index in [9.17, 15) is 5.21 Å². The summed E-state index contributed by atoms with van der Waals surface area (Å²) in [7, 11) is 0. The van der Waals surface area contributed by atoms with E-state index in [-0.39, 0.29) is 5.41 Å². The van der Waals surface area contributed by atoms with E-state index in [0.717, 1.165) is 5.71 Å². The van der Waals surface area contributed by atoms with Gasteiger partial charge in [0.15, 0.2) is 0 Å². The maximum absolute atomic E-state index is 9.23. The third kappa shape index (κ3) is 1.49. The monoisotopic (exact) mass is 235 g/mol. The lowest BCUT2D eigenvalue weighted by atomic mass is 9.36. The predicted octanol–water partition coefficient (Wildman–Crippen LogP) is 4.22. The quantitative estimate of drug-likeness (QED) is 0.412. The molecule has 4 rings (SSSR count). The summed E-state index contributed by atoms with van der Waals surface area (Å²) in [5.74, 6) is 0. The minimum atomic E-state index is 0.196. The average Bonchev–Trinajstić information content (AvgIpc) is 2.08. The molecule has 0 aromatic rings. The second-order valence-corrected chi connectivity index (χ2v) is 8.46. The van der Waals surface area contributed by atoms with Crippen molar-refractivity contribution in [1.82, 2.24) is 0 Å². The van der Waals surface area contributed by atoms with E-state index < -0.39 is 0 Å². The van der Waals surface area contributed by atoms with E-state index in [1.807, 2.05) is 6.92 Å². The standard InChI is InChI=1S/C15H25NO/c1-11(16-17)15-8-12(2)5-13(3,9-15)7-14(4,6-12)10-15/h17H,5-10H2,1-4H3. The van der Waals surface area contributed by atoms with Crippen LogP contribution in [0.4, 0.5) is 0 Å². The molecule has 0 saturated heterocycles. The molecule has 4 fully saturated rings. The fourth-order valence-corrected chi connectivity index (χ4v) is 6.78. The third-order valence-corrected chi connectivity index (χ3v) is 5.77. The van der Waals surface area contributed by atoms with E-state index in [1.54, 1.807) is 0 Å². The Morgan fingerprint density at radius 1 is 0.824 bits per heavy atom. The van der Waals surface area contributed by atoms with Gasteiger partial charge in [-0.2, -0.15) is 0 Å². The minimum absolute atomic E-state index is 0.196. The Hall–Kier alpha value is -0.530. The number of oxime groups is 1. The number of nitrogens with zero attached hydrogens (tertiary/aromatic N) is 1. The summed E-state index contributed by atoms with van der Waals surface area (Å²) in [5.41, 5.74) is 2.61. The van der Waals surface area contributed by atoms with Gasteiger partial charge in [-0.05, 0) is 61.7 Å². The molecule has 96 valence electrons. The minimum Gasteiger partial charge on any atom is -0.411 e. The molecular formula is C15H25NO. The van der Waals surface area contributed by atoms with Crippen LogP contribution in [0.3, 0.4) is 0 Å². The van der Waals surface area contributed by atoms with Gasteiger partial charge in [-0.1, -0.05) is 25.9 Å². The maximum Gasteiger partial charge on any atom is 0.0602 e. The van der Waals surface area contributed by atoms with Crippen molar-refractivity contribution in [1.29, 1.82) is 0 Å². The van der Waals surface area contributed by atoms with Crippen molar-refractivity contribution < 1.29 is 5.21 Å². The van der Waals surface area contributed by atoms with Crippen LogP contribution >= 0.6 is 0 Å². The van der Waals surface area contributed by atoms with Gasteiger partial charge in [-0.15, -0.1) is 0 Å². The van der Waals surface area contributed by atoms with E-state index in [0.29, 0.717) is 16.2 Å². The molecule has 0 unspecified atom stereocenters. The topological polar surface area (TPSA) is 32.6 Å². The normalized spacial score (nSPS) is 57.5. The first-order valence-corrected chi connectivity index (χ1v) is 6.92. The lowest BCUT2D eigenvalue weighted by Gasteiger charge is -2.69. The van der Waals surface area contributed by atoms with Gasteiger partial charge in [0.25, 0.3) is 0 Å². The highest BCUT2D eigenvalue weighted by Gasteiger charge is 2.64. The molecule has 4 bridgehead atoms. The Kier molecular flexibility index (Phi) is 1.97. The van der Waals surface area contributed by atoms with Gasteiger partial charge >= 0.3 is 0 Å². The first-order chi connectivity index (χ1) is 7.72. The third-order valence-electron chi connectivity index (χ3n) is 5.77. The lowest BCUT2D eigenvalue weighted by Crippen LogP contribution is -2.60. The molecule has 0 aromatic carbocycles. The van der Waals surface area contributed by atoms with Crippen molar-refractivity contribution in [3.63, 3.8) is 0 Å². The largest absolute Gasteiger partial charge is 0.411 e. The van der Waals surface area contributed by atoms with Gasteiger partial charge in [0, 0.05) is 5.41 Å². The average molecular weight is 235 g/mol. The van der Waals surface area contributed by atoms with Gasteiger partial charge in [-0.25, -0.2) is 0 Å². The zero-order chi connectivity index (χ0) is 12.5. The van der Waals surface area contributed by atoms with Gasteiger partial charge in [0.1, 0.15) is 0 Å². The van der Waals surface area contributed by atoms with Crippen molar-refractivity contribution in [3.8, 4) is 0 Å². The maximum atomic E-state index is 9.23. The van der Waals surface area contributed by atoms with Crippen molar-refractivity contribution in [3.05, 3.63) is 0 Å². The Labute approximate surface area is 104 Å². The highest BCUT2D eigenvalue weighted by Crippen LogP contribution is 2.73. The van der Waals surface area contributed by atoms with Gasteiger partial charge < -0.3 is 5.21 Å². The molecule has 0 radical (unpaired) electrons. The van der Waals surface area contributed by atoms with Gasteiger partial charge in [0.05, 0.1) is 5.71 Å². The summed E-state index contributed by atoms with van der Waals surface area (Å²) in [5, 5.41) is 12.8. The number of hydrogen-bond acceptors (Lipinski definition) is 2. The fourth-order valence-electron chi connectivity index (χ4n) is 6.78. The number of rotatable bonds is 1. The zero-order valence-corrected chi connectivity index (χ0v) is 11.6. The van der Waals surface area contributed by atoms with Crippen LogP contribution in [0.1, 0.15) is 66.2 Å². The summed E-state index contributed by atoms with van der Waals surface area (Å²) in [6.07, 6.45) is 7.82. The Bertz CT molecular complexity index is 344. The molecular weight excluding hydrogens is 210 g/mol. The highest BCUT2D eigenvalue weighted by molar-refractivity contribution is 5.88. The van der Waals surface area contributed by atoms with Crippen molar-refractivity contribution >= 4 is 5.71 Å². The summed E-state index contributed by atoms with van der Waals surface area (Å²) in [4.78, 5) is 0. The molecule has 17 heavy (non-hydrogen) atoms. The van der Waals surface area contributed by atoms with Crippen LogP contribution in [0, 0.1) is 21.7 Å². The second-order valence-electron chi connectivity index (χ2n) is 8.46. The highest BCUT2D eigenvalue weighted by atomic mass is 16.4. The Morgan fingerprint density at radius 2 is 1.18 bits per heavy atom. The van der Waals surface area contributed by atoms with E-state index in [4.69, 9.17) is 0 Å². The Balaban J connectivity index is 2.10. The second kappa shape index (κ2) is 2.89. The fraction of sp³-hybridized carbons (Fsp3) is 0.933. The van der Waals surface area contributed by atoms with Crippen molar-refractivity contribution in [2.24, 2.45) is 26.8 Å².